The Morgan fingerprint density at radius 2 is 2.10 bits per heavy atom. The number of ether oxygens (including phenoxy) is 2. The van der Waals surface area contributed by atoms with Gasteiger partial charge in [-0.1, -0.05) is 18.2 Å². The molecule has 0 radical (unpaired) electrons. The Balaban J connectivity index is 1.76. The van der Waals surface area contributed by atoms with E-state index >= 15 is 0 Å². The maximum atomic E-state index is 10.2. The van der Waals surface area contributed by atoms with Crippen molar-refractivity contribution in [2.45, 2.75) is 38.7 Å². The first-order valence-corrected chi connectivity index (χ1v) is 7.13. The molecule has 5 heteroatoms. The summed E-state index contributed by atoms with van der Waals surface area (Å²) in [4.78, 5) is 0. The summed E-state index contributed by atoms with van der Waals surface area (Å²) in [5.41, 5.74) is 2.05. The highest BCUT2D eigenvalue weighted by Gasteiger charge is 2.21. The Hall–Kier alpha value is -1.43. The number of rotatable bonds is 5. The molecular weight excluding hydrogens is 256 g/mol. The van der Waals surface area contributed by atoms with E-state index in [1.54, 1.807) is 0 Å². The average Bonchev–Trinajstić information content (AvgIpc) is 3.07. The molecule has 1 aliphatic rings. The van der Waals surface area contributed by atoms with Crippen molar-refractivity contribution in [3.63, 3.8) is 0 Å². The van der Waals surface area contributed by atoms with Crippen molar-refractivity contribution in [2.75, 3.05) is 13.2 Å². The quantitative estimate of drug-likeness (QED) is 0.903. The summed E-state index contributed by atoms with van der Waals surface area (Å²) in [5, 5.41) is 15.9. The van der Waals surface area contributed by atoms with Crippen LogP contribution in [-0.2, 0) is 22.4 Å². The molecule has 2 aromatic rings. The number of hydrogen-bond acceptors (Lipinski definition) is 4. The van der Waals surface area contributed by atoms with Crippen LogP contribution < -0.4 is 0 Å². The van der Waals surface area contributed by atoms with E-state index in [1.807, 2.05) is 16.8 Å². The first kappa shape index (κ1) is 13.5. The molecule has 0 bridgehead atoms. The van der Waals surface area contributed by atoms with Gasteiger partial charge < -0.3 is 14.6 Å². The van der Waals surface area contributed by atoms with E-state index in [4.69, 9.17) is 9.47 Å². The highest BCUT2D eigenvalue weighted by Crippen LogP contribution is 2.21. The molecule has 0 spiro atoms. The van der Waals surface area contributed by atoms with Gasteiger partial charge >= 0.3 is 0 Å². The van der Waals surface area contributed by atoms with Crippen LogP contribution >= 0.6 is 0 Å². The molecule has 3 rings (SSSR count). The van der Waals surface area contributed by atoms with Crippen LogP contribution in [0.3, 0.4) is 0 Å². The van der Waals surface area contributed by atoms with Gasteiger partial charge in [0.15, 0.2) is 6.29 Å². The number of nitrogens with zero attached hydrogens (tertiary/aromatic N) is 2. The summed E-state index contributed by atoms with van der Waals surface area (Å²) in [5.74, 6) is 0. The molecule has 0 amide bonds. The molecule has 1 aliphatic heterocycles. The summed E-state index contributed by atoms with van der Waals surface area (Å²) in [6.07, 6.45) is 0.246. The van der Waals surface area contributed by atoms with E-state index in [9.17, 15) is 5.11 Å². The molecule has 1 N–H and O–H groups in total. The van der Waals surface area contributed by atoms with Crippen LogP contribution in [0.1, 0.15) is 19.0 Å². The lowest BCUT2D eigenvalue weighted by atomic mass is 10.1. The van der Waals surface area contributed by atoms with Crippen LogP contribution in [0.4, 0.5) is 0 Å². The number of aryl methyl sites for hydroxylation is 1. The van der Waals surface area contributed by atoms with Crippen molar-refractivity contribution >= 4 is 10.9 Å². The molecule has 1 unspecified atom stereocenters. The minimum Gasteiger partial charge on any atom is -0.393 e. The van der Waals surface area contributed by atoms with E-state index < -0.39 is 6.10 Å². The fourth-order valence-electron chi connectivity index (χ4n) is 2.66. The van der Waals surface area contributed by atoms with Crippen LogP contribution in [0.25, 0.3) is 10.9 Å². The Morgan fingerprint density at radius 1 is 1.35 bits per heavy atom. The Bertz CT molecular complexity index is 576. The largest absolute Gasteiger partial charge is 0.393 e. The molecule has 1 fully saturated rings. The van der Waals surface area contributed by atoms with Crippen molar-refractivity contribution in [3.05, 3.63) is 30.0 Å². The third-order valence-corrected chi connectivity index (χ3v) is 3.62. The summed E-state index contributed by atoms with van der Waals surface area (Å²) in [7, 11) is 0. The van der Waals surface area contributed by atoms with Crippen molar-refractivity contribution < 1.29 is 14.6 Å². The topological polar surface area (TPSA) is 56.5 Å². The fourth-order valence-corrected chi connectivity index (χ4v) is 2.66. The zero-order valence-corrected chi connectivity index (χ0v) is 11.7. The molecule has 0 aliphatic carbocycles. The maximum Gasteiger partial charge on any atom is 0.160 e. The lowest BCUT2D eigenvalue weighted by Crippen LogP contribution is -2.20. The number of aliphatic hydroxyl groups excluding tert-OH is 1. The Morgan fingerprint density at radius 3 is 2.85 bits per heavy atom. The summed E-state index contributed by atoms with van der Waals surface area (Å²) >= 11 is 0. The Labute approximate surface area is 118 Å². The van der Waals surface area contributed by atoms with Crippen LogP contribution in [0.2, 0.25) is 0 Å². The van der Waals surface area contributed by atoms with Gasteiger partial charge in [0, 0.05) is 24.8 Å². The van der Waals surface area contributed by atoms with Crippen LogP contribution in [0, 0.1) is 0 Å². The molecule has 20 heavy (non-hydrogen) atoms. The number of para-hydroxylation sites is 1. The third kappa shape index (κ3) is 2.70. The standard InChI is InChI=1S/C15H20N2O3/c1-2-17-14-6-4-3-5-12(14)13(16-17)9-11(18)10-15-19-7-8-20-15/h3-6,11,15,18H,2,7-10H2,1H3. The molecule has 1 aromatic carbocycles. The van der Waals surface area contributed by atoms with Crippen LogP contribution in [-0.4, -0.2) is 40.5 Å². The molecule has 108 valence electrons. The highest BCUT2D eigenvalue weighted by atomic mass is 16.7. The smallest absolute Gasteiger partial charge is 0.160 e. The maximum absolute atomic E-state index is 10.2. The van der Waals surface area contributed by atoms with E-state index in [-0.39, 0.29) is 6.29 Å². The minimum absolute atomic E-state index is 0.274. The van der Waals surface area contributed by atoms with Crippen molar-refractivity contribution in [1.29, 1.82) is 0 Å². The van der Waals surface area contributed by atoms with E-state index in [2.05, 4.69) is 24.2 Å². The molecule has 0 saturated carbocycles. The molecular formula is C15H20N2O3. The Kier molecular flexibility index (Phi) is 4.00. The predicted molar refractivity (Wildman–Crippen MR) is 75.4 cm³/mol. The summed E-state index contributed by atoms with van der Waals surface area (Å²) in [6.45, 7) is 4.13. The first-order chi connectivity index (χ1) is 9.78. The lowest BCUT2D eigenvalue weighted by Gasteiger charge is -2.13. The fraction of sp³-hybridized carbons (Fsp3) is 0.533. The van der Waals surface area contributed by atoms with Gasteiger partial charge in [-0.15, -0.1) is 0 Å². The van der Waals surface area contributed by atoms with Gasteiger partial charge in [-0.25, -0.2) is 0 Å². The van der Waals surface area contributed by atoms with Crippen molar-refractivity contribution in [2.24, 2.45) is 0 Å². The second kappa shape index (κ2) is 5.91. The average molecular weight is 276 g/mol. The number of aliphatic hydroxyl groups is 1. The number of benzene rings is 1. The normalized spacial score (nSPS) is 17.9. The van der Waals surface area contributed by atoms with Gasteiger partial charge in [-0.05, 0) is 13.0 Å². The first-order valence-electron chi connectivity index (χ1n) is 7.13. The van der Waals surface area contributed by atoms with Gasteiger partial charge in [-0.3, -0.25) is 4.68 Å². The van der Waals surface area contributed by atoms with Gasteiger partial charge in [0.25, 0.3) is 0 Å². The van der Waals surface area contributed by atoms with Gasteiger partial charge in [0.2, 0.25) is 0 Å². The second-order valence-corrected chi connectivity index (χ2v) is 5.04. The summed E-state index contributed by atoms with van der Waals surface area (Å²) < 4.78 is 12.7. The zero-order chi connectivity index (χ0) is 13.9. The molecule has 2 heterocycles. The molecule has 1 saturated heterocycles. The number of fused-ring (bicyclic) bond motifs is 1. The van der Waals surface area contributed by atoms with E-state index in [1.165, 1.54) is 0 Å². The van der Waals surface area contributed by atoms with Crippen molar-refractivity contribution in [1.82, 2.24) is 9.78 Å². The summed E-state index contributed by atoms with van der Waals surface area (Å²) in [6, 6.07) is 8.13. The lowest BCUT2D eigenvalue weighted by molar-refractivity contribution is -0.0699. The van der Waals surface area contributed by atoms with Gasteiger partial charge in [0.1, 0.15) is 0 Å². The third-order valence-electron chi connectivity index (χ3n) is 3.62. The highest BCUT2D eigenvalue weighted by molar-refractivity contribution is 5.81. The molecule has 1 aromatic heterocycles. The predicted octanol–water partition coefficient (Wildman–Crippen LogP) is 1.72. The van der Waals surface area contributed by atoms with Crippen LogP contribution in [0.15, 0.2) is 24.3 Å². The van der Waals surface area contributed by atoms with E-state index in [0.29, 0.717) is 26.1 Å². The van der Waals surface area contributed by atoms with Gasteiger partial charge in [0.05, 0.1) is 30.5 Å². The van der Waals surface area contributed by atoms with E-state index in [0.717, 1.165) is 23.1 Å². The molecule has 5 nitrogen and oxygen atoms in total. The van der Waals surface area contributed by atoms with Crippen LogP contribution in [0.5, 0.6) is 0 Å². The minimum atomic E-state index is -0.498. The molecule has 1 atom stereocenters. The SMILES string of the molecule is CCn1nc(CC(O)CC2OCCO2)c2ccccc21. The number of hydrogen-bond donors (Lipinski definition) is 1. The zero-order valence-electron chi connectivity index (χ0n) is 11.7. The monoisotopic (exact) mass is 276 g/mol. The van der Waals surface area contributed by atoms with Gasteiger partial charge in [-0.2, -0.15) is 5.10 Å². The van der Waals surface area contributed by atoms with Crippen molar-refractivity contribution in [3.8, 4) is 0 Å². The number of aromatic nitrogens is 2. The second-order valence-electron chi connectivity index (χ2n) is 5.04.